The van der Waals surface area contributed by atoms with E-state index >= 15 is 0 Å². The van der Waals surface area contributed by atoms with Crippen LogP contribution in [0, 0.1) is 11.6 Å². The molecular formula is C16H13BrF2O2. The van der Waals surface area contributed by atoms with Gasteiger partial charge in [-0.05, 0) is 55.4 Å². The summed E-state index contributed by atoms with van der Waals surface area (Å²) in [7, 11) is 0. The number of hydrogen-bond donors (Lipinski definition) is 0. The van der Waals surface area contributed by atoms with Crippen molar-refractivity contribution in [3.05, 3.63) is 71.3 Å². The second-order valence-electron chi connectivity index (χ2n) is 3.77. The van der Waals surface area contributed by atoms with Crippen molar-refractivity contribution in [1.82, 2.24) is 0 Å². The van der Waals surface area contributed by atoms with Gasteiger partial charge in [0.05, 0.1) is 5.28 Å². The van der Waals surface area contributed by atoms with Crippen LogP contribution in [0.3, 0.4) is 0 Å². The number of hydrogen-bond acceptors (Lipinski definition) is 2. The fourth-order valence-electron chi connectivity index (χ4n) is 1.26. The van der Waals surface area contributed by atoms with Gasteiger partial charge in [0.15, 0.2) is 11.6 Å². The van der Waals surface area contributed by atoms with Gasteiger partial charge in [-0.1, -0.05) is 15.9 Å². The third kappa shape index (κ3) is 5.95. The SMILES string of the molecule is [2H]C([2H])(Br)C(=O)c1ccc(F)cc1.[2H]C([2H])([2H])C(=O)c1ccc(F)cc1. The highest BCUT2D eigenvalue weighted by atomic mass is 79.9. The minimum atomic E-state index is -2.65. The first-order chi connectivity index (χ1) is 11.8. The molecule has 0 aliphatic carbocycles. The minimum absolute atomic E-state index is 0.00130. The molecule has 5 heteroatoms. The Labute approximate surface area is 137 Å². The van der Waals surface area contributed by atoms with Crippen molar-refractivity contribution in [1.29, 1.82) is 0 Å². The molecular weight excluding hydrogens is 342 g/mol. The minimum Gasteiger partial charge on any atom is -0.295 e. The van der Waals surface area contributed by atoms with Crippen LogP contribution < -0.4 is 0 Å². The lowest BCUT2D eigenvalue weighted by Gasteiger charge is -1.94. The number of alkyl halides is 1. The lowest BCUT2D eigenvalue weighted by Crippen LogP contribution is -1.98. The fourth-order valence-corrected chi connectivity index (χ4v) is 1.49. The van der Waals surface area contributed by atoms with Gasteiger partial charge in [0.2, 0.25) is 0 Å². The van der Waals surface area contributed by atoms with Gasteiger partial charge in [0.1, 0.15) is 11.6 Å². The summed E-state index contributed by atoms with van der Waals surface area (Å²) in [6, 6.07) is 9.15. The van der Waals surface area contributed by atoms with Crippen molar-refractivity contribution in [2.75, 3.05) is 5.28 Å². The molecule has 0 aromatic heterocycles. The molecule has 0 aliphatic heterocycles. The van der Waals surface area contributed by atoms with E-state index in [1.165, 1.54) is 12.1 Å². The molecule has 21 heavy (non-hydrogen) atoms. The molecule has 2 aromatic carbocycles. The number of rotatable bonds is 3. The fraction of sp³-hybridized carbons (Fsp3) is 0.125. The number of benzene rings is 2. The smallest absolute Gasteiger partial charge is 0.173 e. The molecule has 0 N–H and O–H groups in total. The molecule has 2 rings (SSSR count). The number of carbonyl (C=O) groups excluding carboxylic acids is 2. The van der Waals surface area contributed by atoms with E-state index in [9.17, 15) is 18.4 Å². The van der Waals surface area contributed by atoms with Gasteiger partial charge in [0.25, 0.3) is 0 Å². The second kappa shape index (κ2) is 8.42. The highest BCUT2D eigenvalue weighted by Gasteiger charge is 2.01. The molecule has 0 spiro atoms. The van der Waals surface area contributed by atoms with Gasteiger partial charge >= 0.3 is 0 Å². The van der Waals surface area contributed by atoms with E-state index in [1.807, 2.05) is 0 Å². The lowest BCUT2D eigenvalue weighted by molar-refractivity contribution is 0.101. The number of carbonyl (C=O) groups is 2. The monoisotopic (exact) mass is 359 g/mol. The summed E-state index contributed by atoms with van der Waals surface area (Å²) in [6.45, 7) is -2.65. The second-order valence-corrected chi connectivity index (χ2v) is 4.16. The molecule has 0 bridgehead atoms. The van der Waals surface area contributed by atoms with Gasteiger partial charge in [-0.15, -0.1) is 0 Å². The van der Waals surface area contributed by atoms with Crippen LogP contribution in [0.1, 0.15) is 34.4 Å². The topological polar surface area (TPSA) is 34.1 Å². The third-order valence-corrected chi connectivity index (χ3v) is 2.66. The summed E-state index contributed by atoms with van der Waals surface area (Å²) in [5.41, 5.74) is 0.143. The van der Waals surface area contributed by atoms with Crippen LogP contribution in [-0.4, -0.2) is 16.8 Å². The average molecular weight is 360 g/mol. The highest BCUT2D eigenvalue weighted by Crippen LogP contribution is 2.04. The molecule has 110 valence electrons. The normalized spacial score (nSPS) is 14.3. The Morgan fingerprint density at radius 2 is 1.43 bits per heavy atom. The molecule has 0 unspecified atom stereocenters. The van der Waals surface area contributed by atoms with E-state index in [0.29, 0.717) is 0 Å². The number of ketones is 2. The molecule has 0 fully saturated rings. The van der Waals surface area contributed by atoms with Crippen molar-refractivity contribution >= 4 is 27.5 Å². The molecule has 2 nitrogen and oxygen atoms in total. The Hall–Kier alpha value is -1.88. The van der Waals surface area contributed by atoms with Gasteiger partial charge in [0, 0.05) is 18.0 Å². The van der Waals surface area contributed by atoms with Gasteiger partial charge in [-0.2, -0.15) is 0 Å². The maximum absolute atomic E-state index is 12.4. The first kappa shape index (κ1) is 10.8. The molecule has 0 heterocycles. The Kier molecular flexibility index (Phi) is 4.32. The average Bonchev–Trinajstić information content (AvgIpc) is 2.54. The van der Waals surface area contributed by atoms with E-state index in [-0.39, 0.29) is 11.1 Å². The summed E-state index contributed by atoms with van der Waals surface area (Å²) in [6.07, 6.45) is 0. The summed E-state index contributed by atoms with van der Waals surface area (Å²) < 4.78 is 59.4. The van der Waals surface area contributed by atoms with Crippen LogP contribution in [0.25, 0.3) is 0 Å². The third-order valence-electron chi connectivity index (χ3n) is 2.30. The Bertz CT molecular complexity index is 702. The van der Waals surface area contributed by atoms with E-state index < -0.39 is 35.3 Å². The maximum Gasteiger partial charge on any atom is 0.173 e. The van der Waals surface area contributed by atoms with Crippen molar-refractivity contribution in [3.63, 3.8) is 0 Å². The summed E-state index contributed by atoms with van der Waals surface area (Å²) >= 11 is 2.59. The molecule has 2 aromatic rings. The van der Waals surface area contributed by atoms with Crippen molar-refractivity contribution in [3.8, 4) is 0 Å². The van der Waals surface area contributed by atoms with E-state index in [0.717, 1.165) is 36.4 Å². The zero-order valence-electron chi connectivity index (χ0n) is 15.6. The molecule has 0 atom stereocenters. The van der Waals surface area contributed by atoms with Gasteiger partial charge in [-0.25, -0.2) is 8.78 Å². The van der Waals surface area contributed by atoms with Crippen molar-refractivity contribution in [2.45, 2.75) is 6.85 Å². The van der Waals surface area contributed by atoms with E-state index in [1.54, 1.807) is 0 Å². The summed E-state index contributed by atoms with van der Waals surface area (Å²) in [5.74, 6) is -2.63. The molecule has 0 aliphatic rings. The standard InChI is InChI=1S/C8H6BrFO.C8H7FO/c9-5-8(11)6-1-3-7(10)4-2-6;1-6(10)7-2-4-8(9)5-3-7/h1-4H,5H2;2-5H,1H3/i5D2;1D3. The Morgan fingerprint density at radius 1 is 1.00 bits per heavy atom. The molecule has 0 saturated heterocycles. The molecule has 0 saturated carbocycles. The largest absolute Gasteiger partial charge is 0.295 e. The zero-order valence-corrected chi connectivity index (χ0v) is 12.2. The first-order valence-corrected chi connectivity index (χ1v) is 6.41. The van der Waals surface area contributed by atoms with Crippen LogP contribution in [-0.2, 0) is 0 Å². The Morgan fingerprint density at radius 3 is 1.81 bits per heavy atom. The van der Waals surface area contributed by atoms with E-state index in [2.05, 4.69) is 15.9 Å². The van der Waals surface area contributed by atoms with Crippen LogP contribution in [0.2, 0.25) is 0 Å². The van der Waals surface area contributed by atoms with Gasteiger partial charge < -0.3 is 0 Å². The predicted octanol–water partition coefficient (Wildman–Crippen LogP) is 4.43. The molecule has 0 amide bonds. The first-order valence-electron chi connectivity index (χ1n) is 8.12. The van der Waals surface area contributed by atoms with Gasteiger partial charge in [-0.3, -0.25) is 9.59 Å². The summed E-state index contributed by atoms with van der Waals surface area (Å²) in [4.78, 5) is 22.3. The van der Waals surface area contributed by atoms with Crippen molar-refractivity contribution < 1.29 is 25.2 Å². The number of halogens is 3. The summed E-state index contributed by atoms with van der Waals surface area (Å²) in [5, 5.41) is -2.09. The zero-order chi connectivity index (χ0) is 20.1. The van der Waals surface area contributed by atoms with E-state index in [4.69, 9.17) is 6.85 Å². The van der Waals surface area contributed by atoms with Crippen LogP contribution in [0.5, 0.6) is 0 Å². The predicted molar refractivity (Wildman–Crippen MR) is 80.9 cm³/mol. The van der Waals surface area contributed by atoms with Crippen LogP contribution >= 0.6 is 15.9 Å². The lowest BCUT2D eigenvalue weighted by atomic mass is 10.1. The van der Waals surface area contributed by atoms with Crippen molar-refractivity contribution in [2.24, 2.45) is 0 Å². The van der Waals surface area contributed by atoms with Crippen LogP contribution in [0.4, 0.5) is 8.78 Å². The highest BCUT2D eigenvalue weighted by molar-refractivity contribution is 9.09. The molecule has 0 radical (unpaired) electrons. The Balaban J connectivity index is 0.000000260. The van der Waals surface area contributed by atoms with Crippen LogP contribution in [0.15, 0.2) is 48.5 Å². The maximum atomic E-state index is 12.4. The number of Topliss-reactive ketones (excluding diaryl/α,β-unsaturated/α-hetero) is 2. The quantitative estimate of drug-likeness (QED) is 0.599.